The molecular formula is C22H26F4N8O3. The van der Waals surface area contributed by atoms with Gasteiger partial charge >= 0.3 is 0 Å². The monoisotopic (exact) mass is 526 g/mol. The Hall–Kier alpha value is -3.20. The highest BCUT2D eigenvalue weighted by Crippen LogP contribution is 2.41. The highest BCUT2D eigenvalue weighted by Gasteiger charge is 2.43. The molecule has 1 saturated heterocycles. The van der Waals surface area contributed by atoms with Crippen LogP contribution in [0.3, 0.4) is 0 Å². The van der Waals surface area contributed by atoms with Crippen LogP contribution in [0.15, 0.2) is 17.0 Å². The summed E-state index contributed by atoms with van der Waals surface area (Å²) in [6.07, 6.45) is -0.614. The summed E-state index contributed by atoms with van der Waals surface area (Å²) in [5.41, 5.74) is -1.20. The number of rotatable bonds is 6. The third-order valence-corrected chi connectivity index (χ3v) is 7.21. The van der Waals surface area contributed by atoms with Crippen molar-refractivity contribution >= 4 is 11.7 Å². The Morgan fingerprint density at radius 1 is 1.24 bits per heavy atom. The molecule has 5 rings (SSSR count). The van der Waals surface area contributed by atoms with E-state index >= 15 is 0 Å². The first-order chi connectivity index (χ1) is 17.5. The third kappa shape index (κ3) is 5.14. The summed E-state index contributed by atoms with van der Waals surface area (Å²) < 4.78 is 60.4. The van der Waals surface area contributed by atoms with Gasteiger partial charge in [-0.25, -0.2) is 36.7 Å². The van der Waals surface area contributed by atoms with Crippen molar-refractivity contribution in [2.75, 3.05) is 6.54 Å². The summed E-state index contributed by atoms with van der Waals surface area (Å²) >= 11 is 0. The van der Waals surface area contributed by atoms with E-state index in [4.69, 9.17) is 0 Å². The molecule has 1 saturated carbocycles. The largest absolute Gasteiger partial charge is 0.384 e. The number of carbonyl (C=O) groups excluding carboxylic acids is 1. The zero-order chi connectivity index (χ0) is 26.4. The van der Waals surface area contributed by atoms with Gasteiger partial charge in [0.1, 0.15) is 11.3 Å². The van der Waals surface area contributed by atoms with Crippen molar-refractivity contribution < 1.29 is 32.1 Å². The smallest absolute Gasteiger partial charge is 0.276 e. The molecule has 1 amide bonds. The molecule has 0 bridgehead atoms. The van der Waals surface area contributed by atoms with Gasteiger partial charge < -0.3 is 15.7 Å². The molecule has 15 heteroatoms. The number of aromatic nitrogens is 6. The number of fused-ring (bicyclic) bond motifs is 1. The normalized spacial score (nSPS) is 25.4. The van der Waals surface area contributed by atoms with Gasteiger partial charge in [-0.2, -0.15) is 5.10 Å². The van der Waals surface area contributed by atoms with Crippen molar-refractivity contribution in [3.8, 4) is 0 Å². The molecule has 11 nitrogen and oxygen atoms in total. The molecule has 2 fully saturated rings. The van der Waals surface area contributed by atoms with Gasteiger partial charge in [-0.1, -0.05) is 5.16 Å². The molecule has 0 aromatic carbocycles. The quantitative estimate of drug-likeness (QED) is 0.413. The summed E-state index contributed by atoms with van der Waals surface area (Å²) in [4.78, 5) is 21.8. The number of imidazole rings is 1. The molecule has 2 unspecified atom stereocenters. The minimum atomic E-state index is -2.90. The van der Waals surface area contributed by atoms with Crippen LogP contribution in [0.5, 0.6) is 0 Å². The van der Waals surface area contributed by atoms with Crippen molar-refractivity contribution in [2.45, 2.75) is 75.5 Å². The number of aryl methyl sites for hydroxylation is 1. The molecule has 3 aromatic rings. The minimum absolute atomic E-state index is 0.0247. The average molecular weight is 526 g/mol. The zero-order valence-electron chi connectivity index (χ0n) is 19.9. The molecule has 4 heterocycles. The maximum Gasteiger partial charge on any atom is 0.276 e. The van der Waals surface area contributed by atoms with Crippen LogP contribution in [0.1, 0.15) is 78.2 Å². The lowest BCUT2D eigenvalue weighted by molar-refractivity contribution is -0.120. The maximum atomic E-state index is 13.8. The highest BCUT2D eigenvalue weighted by molar-refractivity contribution is 5.93. The molecule has 1 aliphatic heterocycles. The second-order valence-electron chi connectivity index (χ2n) is 9.80. The first-order valence-corrected chi connectivity index (χ1v) is 12.0. The number of amides is 1. The maximum absolute atomic E-state index is 13.8. The Morgan fingerprint density at radius 3 is 2.68 bits per heavy atom. The number of halogens is 4. The molecule has 1 aliphatic carbocycles. The number of piperidine rings is 1. The lowest BCUT2D eigenvalue weighted by Gasteiger charge is -2.36. The van der Waals surface area contributed by atoms with E-state index in [0.29, 0.717) is 11.4 Å². The Balaban J connectivity index is 1.43. The lowest BCUT2D eigenvalue weighted by Crippen LogP contribution is -2.48. The van der Waals surface area contributed by atoms with E-state index in [1.807, 2.05) is 0 Å². The Labute approximate surface area is 208 Å². The topological polar surface area (TPSA) is 143 Å². The summed E-state index contributed by atoms with van der Waals surface area (Å²) in [5.74, 6) is -3.55. The number of nitrogens with one attached hydrogen (secondary N) is 2. The molecule has 3 atom stereocenters. The van der Waals surface area contributed by atoms with E-state index in [1.54, 1.807) is 13.1 Å². The van der Waals surface area contributed by atoms with Crippen LogP contribution in [0.4, 0.5) is 17.6 Å². The van der Waals surface area contributed by atoms with Crippen LogP contribution in [0, 0.1) is 12.8 Å². The first kappa shape index (κ1) is 25.4. The fourth-order valence-corrected chi connectivity index (χ4v) is 5.00. The molecule has 3 aromatic heterocycles. The number of hydrogen-bond donors (Lipinski definition) is 3. The third-order valence-electron chi connectivity index (χ3n) is 7.21. The second kappa shape index (κ2) is 9.59. The van der Waals surface area contributed by atoms with Crippen LogP contribution < -0.4 is 10.6 Å². The van der Waals surface area contributed by atoms with E-state index < -0.39 is 35.9 Å². The van der Waals surface area contributed by atoms with Crippen molar-refractivity contribution in [3.63, 3.8) is 0 Å². The van der Waals surface area contributed by atoms with Crippen LogP contribution in [0.25, 0.3) is 5.78 Å². The lowest BCUT2D eigenvalue weighted by atomic mass is 9.81. The Morgan fingerprint density at radius 2 is 2.00 bits per heavy atom. The molecule has 37 heavy (non-hydrogen) atoms. The molecule has 2 aliphatic rings. The van der Waals surface area contributed by atoms with Gasteiger partial charge in [0.25, 0.3) is 18.1 Å². The van der Waals surface area contributed by atoms with E-state index in [0.717, 1.165) is 0 Å². The standard InChI is InChI=1S/C22H26F4N8O3/c1-11-16(33-37-32-11)18(35)31-17(12-2-4-22(25,26)5-3-12)15-10-34-20(30-15)29-14(9-28-34)13-8-21(36,19(23)24)6-7-27-13/h9-10,12-13,17,19,27,36H,2-8H2,1H3,(H,31,35)/t13?,17-,21?/m0/s1. The van der Waals surface area contributed by atoms with Crippen LogP contribution >= 0.6 is 0 Å². The first-order valence-electron chi connectivity index (χ1n) is 12.0. The summed E-state index contributed by atoms with van der Waals surface area (Å²) in [6, 6.07) is -1.41. The fraction of sp³-hybridized carbons (Fsp3) is 0.636. The van der Waals surface area contributed by atoms with E-state index in [1.165, 1.54) is 10.7 Å². The van der Waals surface area contributed by atoms with Gasteiger partial charge in [0.15, 0.2) is 5.69 Å². The van der Waals surface area contributed by atoms with Crippen LogP contribution in [0.2, 0.25) is 0 Å². The van der Waals surface area contributed by atoms with Crippen molar-refractivity contribution in [1.29, 1.82) is 0 Å². The Kier molecular flexibility index (Phi) is 6.60. The predicted molar refractivity (Wildman–Crippen MR) is 118 cm³/mol. The second-order valence-corrected chi connectivity index (χ2v) is 9.80. The zero-order valence-corrected chi connectivity index (χ0v) is 19.9. The van der Waals surface area contributed by atoms with Gasteiger partial charge in [-0.05, 0) is 43.8 Å². The van der Waals surface area contributed by atoms with Crippen LogP contribution in [-0.4, -0.2) is 65.4 Å². The fourth-order valence-electron chi connectivity index (χ4n) is 5.00. The number of aliphatic hydroxyl groups is 1. The van der Waals surface area contributed by atoms with E-state index in [2.05, 4.69) is 40.6 Å². The van der Waals surface area contributed by atoms with Gasteiger partial charge in [0, 0.05) is 19.3 Å². The summed E-state index contributed by atoms with van der Waals surface area (Å²) in [7, 11) is 0. The molecule has 0 radical (unpaired) electrons. The van der Waals surface area contributed by atoms with Gasteiger partial charge in [0.2, 0.25) is 5.92 Å². The van der Waals surface area contributed by atoms with Crippen molar-refractivity contribution in [3.05, 3.63) is 35.2 Å². The Bertz CT molecular complexity index is 1270. The van der Waals surface area contributed by atoms with Crippen molar-refractivity contribution in [1.82, 2.24) is 40.5 Å². The van der Waals surface area contributed by atoms with Gasteiger partial charge in [0.05, 0.1) is 35.9 Å². The van der Waals surface area contributed by atoms with E-state index in [9.17, 15) is 27.5 Å². The van der Waals surface area contributed by atoms with Crippen LogP contribution in [-0.2, 0) is 0 Å². The molecule has 0 spiro atoms. The summed E-state index contributed by atoms with van der Waals surface area (Å²) in [6.45, 7) is 1.73. The molecule has 200 valence electrons. The molecule has 3 N–H and O–H groups in total. The van der Waals surface area contributed by atoms with Gasteiger partial charge in [-0.15, -0.1) is 0 Å². The number of nitrogens with zero attached hydrogens (tertiary/aromatic N) is 6. The number of carbonyl (C=O) groups is 1. The van der Waals surface area contributed by atoms with Gasteiger partial charge in [-0.3, -0.25) is 4.79 Å². The SMILES string of the molecule is Cc1nonc1C(=O)N[C@H](c1cn2ncc(C3CC(O)(C(F)F)CCN3)nc2n1)C1CCC(F)(F)CC1. The van der Waals surface area contributed by atoms with Crippen molar-refractivity contribution in [2.24, 2.45) is 5.92 Å². The number of alkyl halides is 4. The predicted octanol–water partition coefficient (Wildman–Crippen LogP) is 2.53. The number of hydrogen-bond acceptors (Lipinski definition) is 9. The summed E-state index contributed by atoms with van der Waals surface area (Å²) in [5, 5.41) is 27.6. The molecular weight excluding hydrogens is 500 g/mol. The van der Waals surface area contributed by atoms with E-state index in [-0.39, 0.29) is 68.2 Å². The minimum Gasteiger partial charge on any atom is -0.384 e. The average Bonchev–Trinajstić information content (AvgIpc) is 3.48. The highest BCUT2D eigenvalue weighted by atomic mass is 19.3.